The van der Waals surface area contributed by atoms with Crippen LogP contribution < -0.4 is 5.43 Å². The number of carbonyl (C=O) groups is 1. The molecule has 1 atom stereocenters. The predicted octanol–water partition coefficient (Wildman–Crippen LogP) is 3.45. The highest BCUT2D eigenvalue weighted by Crippen LogP contribution is 2.32. The maximum Gasteiger partial charge on any atom is 0.243 e. The number of hydrogen-bond acceptors (Lipinski definition) is 6. The molecule has 6 heteroatoms. The van der Waals surface area contributed by atoms with Crippen molar-refractivity contribution in [3.63, 3.8) is 0 Å². The second kappa shape index (κ2) is 7.25. The Hall–Kier alpha value is -3.02. The zero-order valence-corrected chi connectivity index (χ0v) is 14.2. The summed E-state index contributed by atoms with van der Waals surface area (Å²) in [6.07, 6.45) is 2.13. The van der Waals surface area contributed by atoms with Gasteiger partial charge in [-0.3, -0.25) is 4.79 Å². The molecule has 1 heterocycles. The average molecular weight is 336 g/mol. The second-order valence-corrected chi connectivity index (χ2v) is 6.14. The maximum atomic E-state index is 12.4. The number of aromatic nitrogens is 2. The predicted molar refractivity (Wildman–Crippen MR) is 96.7 cm³/mol. The number of benzene rings is 1. The Morgan fingerprint density at radius 3 is 2.48 bits per heavy atom. The van der Waals surface area contributed by atoms with Crippen LogP contribution in [0.25, 0.3) is 0 Å². The monoisotopic (exact) mass is 336 g/mol. The van der Waals surface area contributed by atoms with Crippen molar-refractivity contribution >= 4 is 17.9 Å². The van der Waals surface area contributed by atoms with Crippen molar-refractivity contribution < 1.29 is 9.90 Å². The summed E-state index contributed by atoms with van der Waals surface area (Å²) in [7, 11) is 0. The van der Waals surface area contributed by atoms with Crippen LogP contribution in [0.3, 0.4) is 0 Å². The van der Waals surface area contributed by atoms with Crippen molar-refractivity contribution in [1.29, 1.82) is 0 Å². The third-order valence-electron chi connectivity index (χ3n) is 4.09. The zero-order valence-electron chi connectivity index (χ0n) is 14.2. The molecule has 25 heavy (non-hydrogen) atoms. The highest BCUT2D eigenvalue weighted by molar-refractivity contribution is 6.14. The van der Waals surface area contributed by atoms with Crippen molar-refractivity contribution in [2.75, 3.05) is 5.43 Å². The molecular weight excluding hydrogens is 316 g/mol. The van der Waals surface area contributed by atoms with Gasteiger partial charge in [-0.15, -0.1) is 0 Å². The fraction of sp³-hybridized carbons (Fsp3) is 0.263. The number of carbonyl (C=O) groups excluding carboxylic acids is 1. The molecule has 2 aromatic rings. The van der Waals surface area contributed by atoms with Gasteiger partial charge >= 0.3 is 0 Å². The Kier molecular flexibility index (Phi) is 4.88. The first-order valence-electron chi connectivity index (χ1n) is 8.14. The number of allylic oxidation sites excluding steroid dienone is 2. The molecule has 6 nitrogen and oxygen atoms in total. The topological polar surface area (TPSA) is 87.5 Å². The first-order chi connectivity index (χ1) is 12.0. The summed E-state index contributed by atoms with van der Waals surface area (Å²) in [4.78, 5) is 20.8. The second-order valence-electron chi connectivity index (χ2n) is 6.14. The number of aliphatic hydroxyl groups is 1. The number of nitrogens with zero attached hydrogens (tertiary/aromatic N) is 3. The minimum absolute atomic E-state index is 0.00145. The number of aliphatic hydroxyl groups excluding tert-OH is 1. The molecule has 1 aromatic carbocycles. The first kappa shape index (κ1) is 16.8. The zero-order chi connectivity index (χ0) is 17.8. The van der Waals surface area contributed by atoms with E-state index in [0.29, 0.717) is 18.8 Å². The van der Waals surface area contributed by atoms with Gasteiger partial charge in [0.1, 0.15) is 5.76 Å². The number of anilines is 1. The number of hydrogen-bond donors (Lipinski definition) is 2. The van der Waals surface area contributed by atoms with Gasteiger partial charge in [0.05, 0.1) is 11.8 Å². The van der Waals surface area contributed by atoms with Crippen molar-refractivity contribution in [2.24, 2.45) is 5.10 Å². The fourth-order valence-electron chi connectivity index (χ4n) is 2.95. The number of ketones is 1. The lowest BCUT2D eigenvalue weighted by Gasteiger charge is -2.22. The summed E-state index contributed by atoms with van der Waals surface area (Å²) < 4.78 is 0. The van der Waals surface area contributed by atoms with Crippen LogP contribution in [0.2, 0.25) is 0 Å². The standard InChI is InChI=1S/C19H20N4O2/c1-12-8-13(2)22-19(21-12)23-20-11-16-17(24)9-15(10-18(16)25)14-6-4-3-5-7-14/h3-8,11,15,24H,9-10H2,1-2H3,(H,21,22,23)/b20-11-/t15-/m0/s1. The van der Waals surface area contributed by atoms with Crippen LogP contribution in [0.1, 0.15) is 35.7 Å². The van der Waals surface area contributed by atoms with Gasteiger partial charge in [0.25, 0.3) is 0 Å². The van der Waals surface area contributed by atoms with Crippen LogP contribution in [-0.4, -0.2) is 27.1 Å². The van der Waals surface area contributed by atoms with Gasteiger partial charge in [-0.2, -0.15) is 5.10 Å². The lowest BCUT2D eigenvalue weighted by atomic mass is 9.83. The Morgan fingerprint density at radius 2 is 1.84 bits per heavy atom. The minimum atomic E-state index is -0.121. The molecular formula is C19H20N4O2. The fourth-order valence-corrected chi connectivity index (χ4v) is 2.95. The van der Waals surface area contributed by atoms with E-state index in [1.165, 1.54) is 6.21 Å². The van der Waals surface area contributed by atoms with E-state index in [0.717, 1.165) is 17.0 Å². The van der Waals surface area contributed by atoms with Crippen LogP contribution in [0.15, 0.2) is 52.8 Å². The molecule has 0 bridgehead atoms. The minimum Gasteiger partial charge on any atom is -0.511 e. The summed E-state index contributed by atoms with van der Waals surface area (Å²) >= 11 is 0. The van der Waals surface area contributed by atoms with Gasteiger partial charge in [-0.1, -0.05) is 30.3 Å². The van der Waals surface area contributed by atoms with Crippen LogP contribution in [-0.2, 0) is 4.79 Å². The van der Waals surface area contributed by atoms with Gasteiger partial charge < -0.3 is 5.11 Å². The smallest absolute Gasteiger partial charge is 0.243 e. The molecule has 0 unspecified atom stereocenters. The van der Waals surface area contributed by atoms with E-state index >= 15 is 0 Å². The largest absolute Gasteiger partial charge is 0.511 e. The van der Waals surface area contributed by atoms with E-state index in [9.17, 15) is 9.90 Å². The van der Waals surface area contributed by atoms with Crippen LogP contribution >= 0.6 is 0 Å². The third-order valence-corrected chi connectivity index (χ3v) is 4.09. The van der Waals surface area contributed by atoms with Gasteiger partial charge in [0, 0.05) is 24.2 Å². The molecule has 2 N–H and O–H groups in total. The summed E-state index contributed by atoms with van der Waals surface area (Å²) in [5, 5.41) is 14.3. The normalized spacial score (nSPS) is 18.0. The Morgan fingerprint density at radius 1 is 1.16 bits per heavy atom. The first-order valence-corrected chi connectivity index (χ1v) is 8.14. The number of nitrogens with one attached hydrogen (secondary N) is 1. The maximum absolute atomic E-state index is 12.4. The molecule has 0 amide bonds. The van der Waals surface area contributed by atoms with E-state index in [2.05, 4.69) is 20.5 Å². The average Bonchev–Trinajstić information content (AvgIpc) is 2.57. The number of aryl methyl sites for hydroxylation is 2. The molecule has 3 rings (SSSR count). The molecule has 1 aromatic heterocycles. The molecule has 0 fully saturated rings. The molecule has 0 aliphatic heterocycles. The molecule has 1 aliphatic carbocycles. The van der Waals surface area contributed by atoms with Crippen LogP contribution in [0.5, 0.6) is 0 Å². The Bertz CT molecular complexity index is 824. The van der Waals surface area contributed by atoms with Gasteiger partial charge in [0.15, 0.2) is 5.78 Å². The lowest BCUT2D eigenvalue weighted by molar-refractivity contribution is -0.116. The molecule has 0 spiro atoms. The summed E-state index contributed by atoms with van der Waals surface area (Å²) in [5.41, 5.74) is 5.65. The van der Waals surface area contributed by atoms with Crippen LogP contribution in [0, 0.1) is 13.8 Å². The Balaban J connectivity index is 1.72. The molecule has 0 radical (unpaired) electrons. The van der Waals surface area contributed by atoms with Crippen molar-refractivity contribution in [3.05, 3.63) is 64.7 Å². The van der Waals surface area contributed by atoms with Gasteiger partial charge in [-0.25, -0.2) is 15.4 Å². The SMILES string of the molecule is Cc1cc(C)nc(N/N=C\C2=C(O)C[C@H](c3ccccc3)CC2=O)n1. The number of rotatable bonds is 4. The highest BCUT2D eigenvalue weighted by atomic mass is 16.3. The van der Waals surface area contributed by atoms with Crippen LogP contribution in [0.4, 0.5) is 5.95 Å². The highest BCUT2D eigenvalue weighted by Gasteiger charge is 2.27. The summed E-state index contributed by atoms with van der Waals surface area (Å²) in [6.45, 7) is 3.73. The van der Waals surface area contributed by atoms with E-state index in [1.54, 1.807) is 0 Å². The summed E-state index contributed by atoms with van der Waals surface area (Å²) in [6, 6.07) is 11.6. The molecule has 0 saturated heterocycles. The number of Topliss-reactive ketones (excluding diaryl/α,β-unsaturated/α-hetero) is 1. The van der Waals surface area contributed by atoms with E-state index in [4.69, 9.17) is 0 Å². The molecule has 1 aliphatic rings. The van der Waals surface area contributed by atoms with E-state index < -0.39 is 0 Å². The van der Waals surface area contributed by atoms with E-state index in [1.807, 2.05) is 50.2 Å². The third kappa shape index (κ3) is 4.09. The lowest BCUT2D eigenvalue weighted by Crippen LogP contribution is -2.19. The van der Waals surface area contributed by atoms with Crippen molar-refractivity contribution in [2.45, 2.75) is 32.6 Å². The Labute approximate surface area is 146 Å². The molecule has 128 valence electrons. The van der Waals surface area contributed by atoms with Crippen molar-refractivity contribution in [1.82, 2.24) is 9.97 Å². The quantitative estimate of drug-likeness (QED) is 0.659. The van der Waals surface area contributed by atoms with Gasteiger partial charge in [-0.05, 0) is 31.4 Å². The number of hydrazone groups is 1. The van der Waals surface area contributed by atoms with Crippen molar-refractivity contribution in [3.8, 4) is 0 Å². The summed E-state index contributed by atoms with van der Waals surface area (Å²) in [5.74, 6) is 0.308. The van der Waals surface area contributed by atoms with Gasteiger partial charge in [0.2, 0.25) is 5.95 Å². The molecule has 0 saturated carbocycles. The van der Waals surface area contributed by atoms with E-state index in [-0.39, 0.29) is 23.0 Å².